The van der Waals surface area contributed by atoms with Crippen LogP contribution < -0.4 is 0 Å². The fraction of sp³-hybridized carbons (Fsp3) is 0.526. The SMILES string of the molecule is CCN(C1CCOCC1)C1CN(C(=O)c2ccc3cc[nH]c3c2)C1. The lowest BCUT2D eigenvalue weighted by Gasteiger charge is -2.48. The van der Waals surface area contributed by atoms with Crippen LogP contribution in [-0.2, 0) is 4.74 Å². The molecule has 1 aromatic heterocycles. The largest absolute Gasteiger partial charge is 0.381 e. The minimum absolute atomic E-state index is 0.144. The minimum atomic E-state index is 0.144. The van der Waals surface area contributed by atoms with Crippen molar-refractivity contribution in [3.05, 3.63) is 36.0 Å². The molecule has 1 aromatic carbocycles. The highest BCUT2D eigenvalue weighted by Crippen LogP contribution is 2.25. The molecule has 0 unspecified atom stereocenters. The molecule has 4 rings (SSSR count). The molecular weight excluding hydrogens is 302 g/mol. The number of likely N-dealkylation sites (tertiary alicyclic amines) is 1. The third-order valence-electron chi connectivity index (χ3n) is 5.45. The van der Waals surface area contributed by atoms with E-state index in [1.165, 1.54) is 0 Å². The molecule has 24 heavy (non-hydrogen) atoms. The summed E-state index contributed by atoms with van der Waals surface area (Å²) in [6.07, 6.45) is 4.13. The van der Waals surface area contributed by atoms with Crippen LogP contribution in [0.15, 0.2) is 30.5 Å². The van der Waals surface area contributed by atoms with Crippen molar-refractivity contribution in [1.29, 1.82) is 0 Å². The van der Waals surface area contributed by atoms with Gasteiger partial charge in [0.05, 0.1) is 0 Å². The molecule has 0 spiro atoms. The lowest BCUT2D eigenvalue weighted by atomic mass is 9.99. The quantitative estimate of drug-likeness (QED) is 0.938. The van der Waals surface area contributed by atoms with Crippen LogP contribution in [0.4, 0.5) is 0 Å². The van der Waals surface area contributed by atoms with Gasteiger partial charge in [0.25, 0.3) is 5.91 Å². The number of rotatable bonds is 4. The Hall–Kier alpha value is -1.85. The van der Waals surface area contributed by atoms with E-state index >= 15 is 0 Å². The molecular formula is C19H25N3O2. The van der Waals surface area contributed by atoms with Crippen molar-refractivity contribution >= 4 is 16.8 Å². The fourth-order valence-corrected chi connectivity index (χ4v) is 4.03. The second-order valence-corrected chi connectivity index (χ2v) is 6.82. The van der Waals surface area contributed by atoms with E-state index in [2.05, 4.69) is 16.8 Å². The number of hydrogen-bond acceptors (Lipinski definition) is 3. The number of ether oxygens (including phenoxy) is 1. The summed E-state index contributed by atoms with van der Waals surface area (Å²) in [5.74, 6) is 0.144. The van der Waals surface area contributed by atoms with Crippen LogP contribution in [0.1, 0.15) is 30.1 Å². The molecule has 128 valence electrons. The topological polar surface area (TPSA) is 48.6 Å². The van der Waals surface area contributed by atoms with Gasteiger partial charge in [0.1, 0.15) is 0 Å². The number of benzene rings is 1. The lowest BCUT2D eigenvalue weighted by molar-refractivity contribution is -0.0222. The number of hydrogen-bond donors (Lipinski definition) is 1. The Morgan fingerprint density at radius 3 is 2.79 bits per heavy atom. The molecule has 0 aliphatic carbocycles. The van der Waals surface area contributed by atoms with Crippen molar-refractivity contribution in [3.63, 3.8) is 0 Å². The molecule has 0 saturated carbocycles. The van der Waals surface area contributed by atoms with Crippen molar-refractivity contribution in [2.75, 3.05) is 32.8 Å². The first kappa shape index (κ1) is 15.7. The Morgan fingerprint density at radius 1 is 1.25 bits per heavy atom. The van der Waals surface area contributed by atoms with Gasteiger partial charge in [-0.05, 0) is 43.0 Å². The van der Waals surface area contributed by atoms with E-state index in [1.54, 1.807) is 0 Å². The molecule has 2 aromatic rings. The summed E-state index contributed by atoms with van der Waals surface area (Å²) in [6.45, 7) is 6.68. The van der Waals surface area contributed by atoms with Crippen LogP contribution in [0, 0.1) is 0 Å². The van der Waals surface area contributed by atoms with Gasteiger partial charge in [0.2, 0.25) is 0 Å². The summed E-state index contributed by atoms with van der Waals surface area (Å²) in [5.41, 5.74) is 1.80. The van der Waals surface area contributed by atoms with Gasteiger partial charge in [-0.25, -0.2) is 0 Å². The van der Waals surface area contributed by atoms with Crippen LogP contribution in [-0.4, -0.2) is 65.6 Å². The number of carbonyl (C=O) groups excluding carboxylic acids is 1. The number of amides is 1. The Kier molecular flexibility index (Phi) is 4.29. The van der Waals surface area contributed by atoms with Gasteiger partial charge in [0.15, 0.2) is 0 Å². The molecule has 5 nitrogen and oxygen atoms in total. The highest BCUT2D eigenvalue weighted by Gasteiger charge is 2.37. The molecule has 0 bridgehead atoms. The maximum absolute atomic E-state index is 12.7. The Bertz CT molecular complexity index is 714. The summed E-state index contributed by atoms with van der Waals surface area (Å²) >= 11 is 0. The predicted octanol–water partition coefficient (Wildman–Crippen LogP) is 2.49. The standard InChI is InChI=1S/C19H25N3O2/c1-2-22(16-6-9-24-10-7-16)17-12-21(13-17)19(23)15-4-3-14-5-8-20-18(14)11-15/h3-5,8,11,16-17,20H,2,6-7,9-10,12-13H2,1H3. The average molecular weight is 327 g/mol. The monoisotopic (exact) mass is 327 g/mol. The molecule has 0 atom stereocenters. The van der Waals surface area contributed by atoms with Crippen molar-refractivity contribution in [3.8, 4) is 0 Å². The second kappa shape index (κ2) is 6.57. The number of likely N-dealkylation sites (N-methyl/N-ethyl adjacent to an activating group) is 1. The third-order valence-corrected chi connectivity index (χ3v) is 5.45. The van der Waals surface area contributed by atoms with Crippen LogP contribution in [0.3, 0.4) is 0 Å². The zero-order chi connectivity index (χ0) is 16.5. The Morgan fingerprint density at radius 2 is 2.04 bits per heavy atom. The number of fused-ring (bicyclic) bond motifs is 1. The molecule has 5 heteroatoms. The van der Waals surface area contributed by atoms with Crippen molar-refractivity contribution < 1.29 is 9.53 Å². The summed E-state index contributed by atoms with van der Waals surface area (Å²) in [5, 5.41) is 1.14. The summed E-state index contributed by atoms with van der Waals surface area (Å²) < 4.78 is 5.48. The van der Waals surface area contributed by atoms with Gasteiger partial charge in [0, 0.05) is 55.7 Å². The van der Waals surface area contributed by atoms with Crippen LogP contribution >= 0.6 is 0 Å². The molecule has 0 radical (unpaired) electrons. The van der Waals surface area contributed by atoms with E-state index < -0.39 is 0 Å². The third kappa shape index (κ3) is 2.82. The maximum atomic E-state index is 12.7. The van der Waals surface area contributed by atoms with Gasteiger partial charge in [-0.3, -0.25) is 9.69 Å². The number of nitrogens with zero attached hydrogens (tertiary/aromatic N) is 2. The zero-order valence-electron chi connectivity index (χ0n) is 14.2. The van der Waals surface area contributed by atoms with E-state index in [1.807, 2.05) is 35.4 Å². The van der Waals surface area contributed by atoms with E-state index in [0.29, 0.717) is 12.1 Å². The number of H-pyrrole nitrogens is 1. The first-order valence-electron chi connectivity index (χ1n) is 8.96. The number of nitrogens with one attached hydrogen (secondary N) is 1. The first-order chi connectivity index (χ1) is 11.8. The molecule has 3 heterocycles. The van der Waals surface area contributed by atoms with E-state index in [-0.39, 0.29) is 5.91 Å². The number of aromatic amines is 1. The molecule has 1 N–H and O–H groups in total. The molecule has 2 aliphatic rings. The van der Waals surface area contributed by atoms with Gasteiger partial charge >= 0.3 is 0 Å². The van der Waals surface area contributed by atoms with Crippen molar-refractivity contribution in [2.24, 2.45) is 0 Å². The van der Waals surface area contributed by atoms with E-state index in [9.17, 15) is 4.79 Å². The minimum Gasteiger partial charge on any atom is -0.381 e. The molecule has 2 aliphatic heterocycles. The highest BCUT2D eigenvalue weighted by atomic mass is 16.5. The average Bonchev–Trinajstić information content (AvgIpc) is 3.05. The van der Waals surface area contributed by atoms with Gasteiger partial charge in [-0.2, -0.15) is 0 Å². The number of aromatic nitrogens is 1. The predicted molar refractivity (Wildman–Crippen MR) is 94.2 cm³/mol. The molecule has 2 fully saturated rings. The Balaban J connectivity index is 1.39. The highest BCUT2D eigenvalue weighted by molar-refractivity contribution is 5.98. The van der Waals surface area contributed by atoms with Gasteiger partial charge in [-0.15, -0.1) is 0 Å². The van der Waals surface area contributed by atoms with Crippen LogP contribution in [0.2, 0.25) is 0 Å². The zero-order valence-corrected chi connectivity index (χ0v) is 14.2. The second-order valence-electron chi connectivity index (χ2n) is 6.82. The van der Waals surface area contributed by atoms with Crippen LogP contribution in [0.5, 0.6) is 0 Å². The van der Waals surface area contributed by atoms with Gasteiger partial charge in [-0.1, -0.05) is 13.0 Å². The van der Waals surface area contributed by atoms with E-state index in [4.69, 9.17) is 4.74 Å². The van der Waals surface area contributed by atoms with Crippen molar-refractivity contribution in [2.45, 2.75) is 31.8 Å². The summed E-state index contributed by atoms with van der Waals surface area (Å²) in [7, 11) is 0. The number of carbonyl (C=O) groups is 1. The lowest BCUT2D eigenvalue weighted by Crippen LogP contribution is -2.63. The molecule has 1 amide bonds. The van der Waals surface area contributed by atoms with Crippen LogP contribution in [0.25, 0.3) is 10.9 Å². The summed E-state index contributed by atoms with van der Waals surface area (Å²) in [4.78, 5) is 20.4. The fourth-order valence-electron chi connectivity index (χ4n) is 4.03. The van der Waals surface area contributed by atoms with Crippen molar-refractivity contribution in [1.82, 2.24) is 14.8 Å². The first-order valence-corrected chi connectivity index (χ1v) is 8.96. The maximum Gasteiger partial charge on any atom is 0.254 e. The normalized spacial score (nSPS) is 19.8. The smallest absolute Gasteiger partial charge is 0.254 e. The molecule has 2 saturated heterocycles. The van der Waals surface area contributed by atoms with E-state index in [0.717, 1.165) is 62.2 Å². The van der Waals surface area contributed by atoms with Gasteiger partial charge < -0.3 is 14.6 Å². The summed E-state index contributed by atoms with van der Waals surface area (Å²) in [6, 6.07) is 9.04. The Labute approximate surface area is 142 Å².